The number of rotatable bonds is 5. The van der Waals surface area contributed by atoms with Gasteiger partial charge in [-0.05, 0) is 80.5 Å². The van der Waals surface area contributed by atoms with Crippen LogP contribution in [0.2, 0.25) is 10.0 Å². The first-order chi connectivity index (χ1) is 13.3. The molecular formula is C22H23Cl2NO3. The second-order valence-corrected chi connectivity index (χ2v) is 7.98. The molecule has 0 aromatic heterocycles. The van der Waals surface area contributed by atoms with Gasteiger partial charge in [0.05, 0.1) is 11.6 Å². The maximum atomic E-state index is 12.5. The zero-order chi connectivity index (χ0) is 20.3. The molecule has 0 fully saturated rings. The molecule has 0 saturated heterocycles. The van der Waals surface area contributed by atoms with Crippen molar-refractivity contribution in [3.63, 3.8) is 0 Å². The molecule has 4 nitrogen and oxygen atoms in total. The van der Waals surface area contributed by atoms with Gasteiger partial charge in [0.1, 0.15) is 0 Å². The van der Waals surface area contributed by atoms with Crippen molar-refractivity contribution < 1.29 is 14.3 Å². The molecule has 3 rings (SSSR count). The molecule has 0 spiro atoms. The molecule has 0 heterocycles. The maximum absolute atomic E-state index is 12.5. The Morgan fingerprint density at radius 1 is 1.00 bits per heavy atom. The fourth-order valence-corrected chi connectivity index (χ4v) is 3.98. The van der Waals surface area contributed by atoms with E-state index in [0.717, 1.165) is 24.8 Å². The number of carbonyl (C=O) groups is 2. The van der Waals surface area contributed by atoms with Crippen LogP contribution in [0.25, 0.3) is 0 Å². The van der Waals surface area contributed by atoms with Gasteiger partial charge < -0.3 is 10.1 Å². The monoisotopic (exact) mass is 419 g/mol. The lowest BCUT2D eigenvalue weighted by Gasteiger charge is -2.20. The lowest BCUT2D eigenvalue weighted by Crippen LogP contribution is -2.37. The van der Waals surface area contributed by atoms with Crippen LogP contribution in [0.3, 0.4) is 0 Å². The molecule has 2 aromatic rings. The quantitative estimate of drug-likeness (QED) is 0.669. The van der Waals surface area contributed by atoms with Gasteiger partial charge in [-0.1, -0.05) is 35.3 Å². The predicted molar refractivity (Wildman–Crippen MR) is 111 cm³/mol. The van der Waals surface area contributed by atoms with Gasteiger partial charge in [0, 0.05) is 10.0 Å². The average Bonchev–Trinajstić information content (AvgIpc) is 2.67. The summed E-state index contributed by atoms with van der Waals surface area (Å²) in [6.45, 7) is 3.37. The summed E-state index contributed by atoms with van der Waals surface area (Å²) < 4.78 is 5.37. The third-order valence-corrected chi connectivity index (χ3v) is 5.59. The van der Waals surface area contributed by atoms with Gasteiger partial charge in [0.2, 0.25) is 0 Å². The van der Waals surface area contributed by atoms with Gasteiger partial charge in [-0.15, -0.1) is 0 Å². The minimum atomic E-state index is -0.919. The minimum Gasteiger partial charge on any atom is -0.449 e. The number of hydrogen-bond acceptors (Lipinski definition) is 3. The smallest absolute Gasteiger partial charge is 0.338 e. The number of hydrogen-bond donors (Lipinski definition) is 1. The predicted octanol–water partition coefficient (Wildman–Crippen LogP) is 5.29. The summed E-state index contributed by atoms with van der Waals surface area (Å²) >= 11 is 12.1. The first kappa shape index (κ1) is 20.7. The highest BCUT2D eigenvalue weighted by Gasteiger charge is 2.22. The second-order valence-electron chi connectivity index (χ2n) is 7.13. The van der Waals surface area contributed by atoms with E-state index < -0.39 is 12.1 Å². The van der Waals surface area contributed by atoms with Crippen molar-refractivity contribution in [3.8, 4) is 0 Å². The van der Waals surface area contributed by atoms with Crippen LogP contribution in [0.15, 0.2) is 36.4 Å². The summed E-state index contributed by atoms with van der Waals surface area (Å²) in [4.78, 5) is 24.9. The number of benzene rings is 2. The van der Waals surface area contributed by atoms with Crippen LogP contribution in [0.4, 0.5) is 0 Å². The van der Waals surface area contributed by atoms with Crippen molar-refractivity contribution in [2.24, 2.45) is 0 Å². The number of halogens is 2. The van der Waals surface area contributed by atoms with Gasteiger partial charge in [-0.25, -0.2) is 4.79 Å². The number of aryl methyl sites for hydroxylation is 2. The van der Waals surface area contributed by atoms with E-state index in [1.54, 1.807) is 31.2 Å². The van der Waals surface area contributed by atoms with E-state index in [4.69, 9.17) is 27.9 Å². The van der Waals surface area contributed by atoms with Crippen LogP contribution >= 0.6 is 23.2 Å². The van der Waals surface area contributed by atoms with Crippen LogP contribution in [0.1, 0.15) is 59.8 Å². The van der Waals surface area contributed by atoms with Crippen LogP contribution in [-0.4, -0.2) is 18.0 Å². The number of amides is 1. The number of esters is 1. The first-order valence-corrected chi connectivity index (χ1v) is 10.2. The Balaban J connectivity index is 1.61. The third kappa shape index (κ3) is 4.86. The fourth-order valence-electron chi connectivity index (χ4n) is 3.40. The second kappa shape index (κ2) is 8.97. The van der Waals surface area contributed by atoms with E-state index in [2.05, 4.69) is 5.32 Å². The van der Waals surface area contributed by atoms with Gasteiger partial charge in [0.15, 0.2) is 6.10 Å². The molecule has 1 amide bonds. The Bertz CT molecular complexity index is 897. The van der Waals surface area contributed by atoms with E-state index in [9.17, 15) is 9.59 Å². The first-order valence-electron chi connectivity index (χ1n) is 9.43. The summed E-state index contributed by atoms with van der Waals surface area (Å²) in [6, 6.07) is 10.4. The van der Waals surface area contributed by atoms with E-state index in [1.165, 1.54) is 17.5 Å². The topological polar surface area (TPSA) is 55.4 Å². The largest absolute Gasteiger partial charge is 0.449 e. The van der Waals surface area contributed by atoms with Crippen molar-refractivity contribution in [3.05, 3.63) is 68.7 Å². The van der Waals surface area contributed by atoms with Gasteiger partial charge >= 0.3 is 5.97 Å². The molecule has 0 bridgehead atoms. The van der Waals surface area contributed by atoms with Crippen molar-refractivity contribution in [1.82, 2.24) is 5.32 Å². The van der Waals surface area contributed by atoms with Gasteiger partial charge in [-0.3, -0.25) is 4.79 Å². The van der Waals surface area contributed by atoms with E-state index >= 15 is 0 Å². The van der Waals surface area contributed by atoms with Gasteiger partial charge in [0.25, 0.3) is 5.91 Å². The molecular weight excluding hydrogens is 397 g/mol. The van der Waals surface area contributed by atoms with Crippen LogP contribution in [0.5, 0.6) is 0 Å². The molecule has 1 aliphatic carbocycles. The van der Waals surface area contributed by atoms with Crippen LogP contribution in [0, 0.1) is 0 Å². The lowest BCUT2D eigenvalue weighted by molar-refractivity contribution is -0.129. The summed E-state index contributed by atoms with van der Waals surface area (Å²) in [5, 5.41) is 3.82. The molecule has 1 aliphatic rings. The number of ether oxygens (including phenoxy) is 1. The van der Waals surface area contributed by atoms with Gasteiger partial charge in [-0.2, -0.15) is 0 Å². The Labute approximate surface area is 175 Å². The number of fused-ring (bicyclic) bond motifs is 1. The fraction of sp³-hybridized carbons (Fsp3) is 0.364. The minimum absolute atomic E-state index is 0.345. The standard InChI is InChI=1S/C22H23Cl2NO3/c1-13(19-10-9-18(23)12-20(19)24)25-21(26)14(2)28-22(27)17-8-7-15-5-3-4-6-16(15)11-17/h7-14H,3-6H2,1-2H3,(H,25,26)/t13-,14-/m0/s1. The van der Waals surface area contributed by atoms with E-state index in [0.29, 0.717) is 15.6 Å². The van der Waals surface area contributed by atoms with Crippen LogP contribution < -0.4 is 5.32 Å². The lowest BCUT2D eigenvalue weighted by atomic mass is 9.90. The number of nitrogens with one attached hydrogen (secondary N) is 1. The highest BCUT2D eigenvalue weighted by Crippen LogP contribution is 2.26. The van der Waals surface area contributed by atoms with Crippen molar-refractivity contribution in [2.45, 2.75) is 51.7 Å². The molecule has 28 heavy (non-hydrogen) atoms. The Morgan fingerprint density at radius 3 is 2.43 bits per heavy atom. The molecule has 148 valence electrons. The summed E-state index contributed by atoms with van der Waals surface area (Å²) in [6.07, 6.45) is 3.43. The third-order valence-electron chi connectivity index (χ3n) is 5.03. The van der Waals surface area contributed by atoms with E-state index in [1.807, 2.05) is 19.1 Å². The van der Waals surface area contributed by atoms with Crippen molar-refractivity contribution >= 4 is 35.1 Å². The normalized spacial score (nSPS) is 15.3. The summed E-state index contributed by atoms with van der Waals surface area (Å²) in [5.41, 5.74) is 3.72. The molecule has 0 radical (unpaired) electrons. The average molecular weight is 420 g/mol. The molecule has 2 atom stereocenters. The number of carbonyl (C=O) groups excluding carboxylic acids is 2. The zero-order valence-corrected chi connectivity index (χ0v) is 17.4. The molecule has 1 N–H and O–H groups in total. The molecule has 0 aliphatic heterocycles. The zero-order valence-electron chi connectivity index (χ0n) is 15.9. The van der Waals surface area contributed by atoms with E-state index in [-0.39, 0.29) is 11.9 Å². The maximum Gasteiger partial charge on any atom is 0.338 e. The molecule has 2 aromatic carbocycles. The van der Waals surface area contributed by atoms with Crippen molar-refractivity contribution in [2.75, 3.05) is 0 Å². The summed E-state index contributed by atoms with van der Waals surface area (Å²) in [7, 11) is 0. The summed E-state index contributed by atoms with van der Waals surface area (Å²) in [5.74, 6) is -0.877. The molecule has 6 heteroatoms. The van der Waals surface area contributed by atoms with Crippen LogP contribution in [-0.2, 0) is 22.4 Å². The van der Waals surface area contributed by atoms with Crippen molar-refractivity contribution in [1.29, 1.82) is 0 Å². The highest BCUT2D eigenvalue weighted by atomic mass is 35.5. The molecule has 0 unspecified atom stereocenters. The Kier molecular flexibility index (Phi) is 6.63. The SMILES string of the molecule is C[C@H](OC(=O)c1ccc2c(c1)CCCC2)C(=O)N[C@@H](C)c1ccc(Cl)cc1Cl. The highest BCUT2D eigenvalue weighted by molar-refractivity contribution is 6.35. The Morgan fingerprint density at radius 2 is 1.71 bits per heavy atom. The Hall–Kier alpha value is -2.04. The molecule has 0 saturated carbocycles.